The quantitative estimate of drug-likeness (QED) is 0.638. The van der Waals surface area contributed by atoms with Crippen LogP contribution in [0.4, 0.5) is 0 Å². The molecule has 0 unspecified atom stereocenters. The van der Waals surface area contributed by atoms with Crippen LogP contribution in [0.5, 0.6) is 0 Å². The first kappa shape index (κ1) is 7.28. The average molecular weight is 163 g/mol. The largest absolute Gasteiger partial charge is 0.344 e. The first-order valence-corrected chi connectivity index (χ1v) is 4.13. The second-order valence-corrected chi connectivity index (χ2v) is 3.31. The van der Waals surface area contributed by atoms with Gasteiger partial charge in [-0.3, -0.25) is 4.68 Å². The molecule has 3 nitrogen and oxygen atoms in total. The zero-order valence-corrected chi connectivity index (χ0v) is 7.36. The van der Waals surface area contributed by atoms with Crippen molar-refractivity contribution in [1.82, 2.24) is 9.24 Å². The van der Waals surface area contributed by atoms with E-state index in [9.17, 15) is 0 Å². The normalized spacial score (nSPS) is 11.6. The lowest BCUT2D eigenvalue weighted by molar-refractivity contribution is 0.623. The van der Waals surface area contributed by atoms with Gasteiger partial charge in [0, 0.05) is 18.4 Å². The van der Waals surface area contributed by atoms with Crippen LogP contribution in [-0.4, -0.2) is 9.24 Å². The monoisotopic (exact) mass is 163 g/mol. The Morgan fingerprint density at radius 3 is 2.50 bits per heavy atom. The molecule has 0 amide bonds. The van der Waals surface area contributed by atoms with E-state index < -0.39 is 0 Å². The third-order valence-electron chi connectivity index (χ3n) is 2.16. The van der Waals surface area contributed by atoms with E-state index in [2.05, 4.69) is 24.6 Å². The number of hydrogen-bond acceptors (Lipinski definition) is 1. The molecule has 64 valence electrons. The lowest BCUT2D eigenvalue weighted by Gasteiger charge is -2.06. The minimum absolute atomic E-state index is 0.491. The van der Waals surface area contributed by atoms with E-state index >= 15 is 0 Å². The summed E-state index contributed by atoms with van der Waals surface area (Å²) in [6.07, 6.45) is 3.95. The number of nitrogens with zero attached hydrogens (tertiary/aromatic N) is 2. The van der Waals surface area contributed by atoms with Gasteiger partial charge >= 0.3 is 0 Å². The molecular formula is C9H13N3. The second kappa shape index (κ2) is 2.30. The SMILES string of the molecule is CC(C)n1ccc2c1ccn2N. The molecule has 2 aromatic rings. The molecule has 0 radical (unpaired) electrons. The van der Waals surface area contributed by atoms with Crippen LogP contribution < -0.4 is 5.84 Å². The van der Waals surface area contributed by atoms with Crippen LogP contribution in [-0.2, 0) is 0 Å². The molecule has 2 aromatic heterocycles. The van der Waals surface area contributed by atoms with Crippen LogP contribution in [0.1, 0.15) is 19.9 Å². The van der Waals surface area contributed by atoms with Crippen molar-refractivity contribution in [2.75, 3.05) is 5.84 Å². The summed E-state index contributed by atoms with van der Waals surface area (Å²) in [7, 11) is 0. The maximum atomic E-state index is 5.69. The van der Waals surface area contributed by atoms with Gasteiger partial charge in [0.15, 0.2) is 0 Å². The van der Waals surface area contributed by atoms with Crippen LogP contribution in [0.2, 0.25) is 0 Å². The first-order chi connectivity index (χ1) is 5.70. The zero-order chi connectivity index (χ0) is 8.72. The summed E-state index contributed by atoms with van der Waals surface area (Å²) < 4.78 is 3.85. The highest BCUT2D eigenvalue weighted by molar-refractivity contribution is 5.77. The van der Waals surface area contributed by atoms with E-state index in [1.807, 2.05) is 18.3 Å². The topological polar surface area (TPSA) is 35.9 Å². The molecule has 2 rings (SSSR count). The molecule has 0 aliphatic carbocycles. The van der Waals surface area contributed by atoms with E-state index in [0.717, 1.165) is 5.52 Å². The molecule has 0 fully saturated rings. The predicted molar refractivity (Wildman–Crippen MR) is 50.5 cm³/mol. The van der Waals surface area contributed by atoms with Gasteiger partial charge in [-0.2, -0.15) is 0 Å². The summed E-state index contributed by atoms with van der Waals surface area (Å²) in [5.74, 6) is 5.69. The van der Waals surface area contributed by atoms with E-state index in [1.54, 1.807) is 4.68 Å². The highest BCUT2D eigenvalue weighted by Crippen LogP contribution is 2.19. The molecule has 0 aliphatic heterocycles. The van der Waals surface area contributed by atoms with Crippen molar-refractivity contribution in [3.05, 3.63) is 24.5 Å². The van der Waals surface area contributed by atoms with Crippen molar-refractivity contribution in [3.63, 3.8) is 0 Å². The lowest BCUT2D eigenvalue weighted by Crippen LogP contribution is -2.04. The molecule has 12 heavy (non-hydrogen) atoms. The molecule has 0 atom stereocenters. The fourth-order valence-corrected chi connectivity index (χ4v) is 1.52. The molecule has 3 heteroatoms. The first-order valence-electron chi connectivity index (χ1n) is 4.13. The van der Waals surface area contributed by atoms with Crippen LogP contribution >= 0.6 is 0 Å². The van der Waals surface area contributed by atoms with Gasteiger partial charge in [-0.1, -0.05) is 0 Å². The smallest absolute Gasteiger partial charge is 0.0869 e. The van der Waals surface area contributed by atoms with Crippen molar-refractivity contribution in [2.45, 2.75) is 19.9 Å². The maximum Gasteiger partial charge on any atom is 0.0869 e. The minimum atomic E-state index is 0.491. The highest BCUT2D eigenvalue weighted by atomic mass is 15.3. The Morgan fingerprint density at radius 2 is 1.83 bits per heavy atom. The summed E-state index contributed by atoms with van der Waals surface area (Å²) in [6, 6.07) is 4.56. The predicted octanol–water partition coefficient (Wildman–Crippen LogP) is 1.74. The molecule has 0 saturated heterocycles. The fourth-order valence-electron chi connectivity index (χ4n) is 1.52. The molecule has 0 aliphatic rings. The Morgan fingerprint density at radius 1 is 1.17 bits per heavy atom. The van der Waals surface area contributed by atoms with E-state index in [4.69, 9.17) is 5.84 Å². The van der Waals surface area contributed by atoms with Crippen molar-refractivity contribution < 1.29 is 0 Å². The number of fused-ring (bicyclic) bond motifs is 1. The Hall–Kier alpha value is -1.38. The molecule has 0 saturated carbocycles. The van der Waals surface area contributed by atoms with Crippen LogP contribution in [0.25, 0.3) is 11.0 Å². The summed E-state index contributed by atoms with van der Waals surface area (Å²) >= 11 is 0. The van der Waals surface area contributed by atoms with E-state index in [1.165, 1.54) is 5.52 Å². The van der Waals surface area contributed by atoms with E-state index in [-0.39, 0.29) is 0 Å². The summed E-state index contributed by atoms with van der Waals surface area (Å²) in [5.41, 5.74) is 2.29. The molecular weight excluding hydrogens is 150 g/mol. The fraction of sp³-hybridized carbons (Fsp3) is 0.333. The number of nitrogen functional groups attached to an aromatic ring is 1. The van der Waals surface area contributed by atoms with E-state index in [0.29, 0.717) is 6.04 Å². The summed E-state index contributed by atoms with van der Waals surface area (Å²) in [6.45, 7) is 4.32. The van der Waals surface area contributed by atoms with Gasteiger partial charge in [0.25, 0.3) is 0 Å². The number of hydrogen-bond donors (Lipinski definition) is 1. The van der Waals surface area contributed by atoms with Gasteiger partial charge in [-0.25, -0.2) is 0 Å². The van der Waals surface area contributed by atoms with Gasteiger partial charge in [0.1, 0.15) is 0 Å². The van der Waals surface area contributed by atoms with Gasteiger partial charge in [0.05, 0.1) is 11.0 Å². The summed E-state index contributed by atoms with van der Waals surface area (Å²) in [5, 5.41) is 0. The Kier molecular flexibility index (Phi) is 1.40. The van der Waals surface area contributed by atoms with Gasteiger partial charge < -0.3 is 10.4 Å². The van der Waals surface area contributed by atoms with Crippen molar-refractivity contribution in [1.29, 1.82) is 0 Å². The molecule has 0 spiro atoms. The van der Waals surface area contributed by atoms with Crippen molar-refractivity contribution >= 4 is 11.0 Å². The average Bonchev–Trinajstić information content (AvgIpc) is 2.53. The maximum absolute atomic E-state index is 5.69. The van der Waals surface area contributed by atoms with Gasteiger partial charge in [-0.05, 0) is 26.0 Å². The third-order valence-corrected chi connectivity index (χ3v) is 2.16. The van der Waals surface area contributed by atoms with Crippen LogP contribution in [0.15, 0.2) is 24.5 Å². The van der Waals surface area contributed by atoms with Gasteiger partial charge in [-0.15, -0.1) is 0 Å². The number of nitrogens with two attached hydrogens (primary N) is 1. The molecule has 2 N–H and O–H groups in total. The Labute approximate surface area is 71.4 Å². The summed E-state index contributed by atoms with van der Waals surface area (Å²) in [4.78, 5) is 0. The molecule has 0 aromatic carbocycles. The highest BCUT2D eigenvalue weighted by Gasteiger charge is 2.05. The second-order valence-electron chi connectivity index (χ2n) is 3.31. The zero-order valence-electron chi connectivity index (χ0n) is 7.36. The van der Waals surface area contributed by atoms with Gasteiger partial charge in [0.2, 0.25) is 0 Å². The minimum Gasteiger partial charge on any atom is -0.344 e. The van der Waals surface area contributed by atoms with Crippen molar-refractivity contribution in [2.24, 2.45) is 0 Å². The van der Waals surface area contributed by atoms with Crippen molar-refractivity contribution in [3.8, 4) is 0 Å². The Balaban J connectivity index is 2.71. The lowest BCUT2D eigenvalue weighted by atomic mass is 10.4. The third kappa shape index (κ3) is 0.826. The molecule has 0 bridgehead atoms. The van der Waals surface area contributed by atoms with Crippen LogP contribution in [0.3, 0.4) is 0 Å². The molecule has 2 heterocycles. The van der Waals surface area contributed by atoms with Crippen LogP contribution in [0, 0.1) is 0 Å². The number of rotatable bonds is 1. The standard InChI is InChI=1S/C9H13N3/c1-7(2)11-5-3-9-8(11)4-6-12(9)10/h3-7H,10H2,1-2H3. The Bertz CT molecular complexity index is 395. The number of aromatic nitrogens is 2.